The molecule has 1 aromatic heterocycles. The second-order valence-corrected chi connectivity index (χ2v) is 5.83. The minimum Gasteiger partial charge on any atom is -0.325 e. The minimum atomic E-state index is -0.0220. The van der Waals surface area contributed by atoms with Gasteiger partial charge in [-0.15, -0.1) is 23.1 Å². The van der Waals surface area contributed by atoms with Crippen LogP contribution in [-0.4, -0.2) is 11.7 Å². The molecule has 0 saturated heterocycles. The lowest BCUT2D eigenvalue weighted by molar-refractivity contribution is -0.113. The van der Waals surface area contributed by atoms with Crippen LogP contribution in [0.1, 0.15) is 10.4 Å². The Morgan fingerprint density at radius 1 is 1.32 bits per heavy atom. The van der Waals surface area contributed by atoms with E-state index in [1.807, 2.05) is 17.5 Å². The van der Waals surface area contributed by atoms with E-state index in [1.165, 1.54) is 4.88 Å². The number of benzene rings is 1. The van der Waals surface area contributed by atoms with Crippen molar-refractivity contribution >= 4 is 34.7 Å². The molecule has 0 radical (unpaired) electrons. The van der Waals surface area contributed by atoms with Gasteiger partial charge in [-0.1, -0.05) is 6.07 Å². The van der Waals surface area contributed by atoms with E-state index in [9.17, 15) is 4.79 Å². The van der Waals surface area contributed by atoms with E-state index in [1.54, 1.807) is 47.4 Å². The highest BCUT2D eigenvalue weighted by atomic mass is 32.2. The van der Waals surface area contributed by atoms with Crippen molar-refractivity contribution in [2.75, 3.05) is 11.1 Å². The largest absolute Gasteiger partial charge is 0.325 e. The quantitative estimate of drug-likeness (QED) is 0.916. The second-order valence-electron chi connectivity index (χ2n) is 3.81. The third-order valence-electron chi connectivity index (χ3n) is 2.36. The van der Waals surface area contributed by atoms with E-state index in [0.717, 1.165) is 11.4 Å². The van der Waals surface area contributed by atoms with Crippen LogP contribution in [0.3, 0.4) is 0 Å². The van der Waals surface area contributed by atoms with Gasteiger partial charge in [-0.2, -0.15) is 5.26 Å². The first-order valence-electron chi connectivity index (χ1n) is 5.68. The molecule has 0 saturated carbocycles. The molecule has 2 aromatic rings. The maximum absolute atomic E-state index is 11.7. The number of rotatable bonds is 5. The third-order valence-corrected chi connectivity index (χ3v) is 4.40. The molecule has 0 aliphatic carbocycles. The molecule has 0 aliphatic rings. The Morgan fingerprint density at radius 2 is 2.11 bits per heavy atom. The highest BCUT2D eigenvalue weighted by Crippen LogP contribution is 2.17. The number of carbonyl (C=O) groups excluding carboxylic acids is 1. The van der Waals surface area contributed by atoms with Gasteiger partial charge in [0.25, 0.3) is 0 Å². The molecule has 3 nitrogen and oxygen atoms in total. The fourth-order valence-corrected chi connectivity index (χ4v) is 3.13. The van der Waals surface area contributed by atoms with Crippen LogP contribution in [0, 0.1) is 11.3 Å². The normalized spacial score (nSPS) is 9.84. The molecular weight excluding hydrogens is 276 g/mol. The molecule has 2 rings (SSSR count). The minimum absolute atomic E-state index is 0.0220. The van der Waals surface area contributed by atoms with Crippen molar-refractivity contribution in [3.05, 3.63) is 52.2 Å². The van der Waals surface area contributed by atoms with Gasteiger partial charge in [0, 0.05) is 16.3 Å². The molecule has 0 spiro atoms. The van der Waals surface area contributed by atoms with Gasteiger partial charge in [-0.25, -0.2) is 0 Å². The number of nitrogens with one attached hydrogen (secondary N) is 1. The first-order valence-corrected chi connectivity index (χ1v) is 7.71. The SMILES string of the molecule is N#Cc1ccc(NC(=O)CSCc2cccs2)cc1. The van der Waals surface area contributed by atoms with Gasteiger partial charge >= 0.3 is 0 Å². The fourth-order valence-electron chi connectivity index (χ4n) is 1.46. The van der Waals surface area contributed by atoms with E-state index in [2.05, 4.69) is 11.4 Å². The average Bonchev–Trinajstić information content (AvgIpc) is 2.93. The summed E-state index contributed by atoms with van der Waals surface area (Å²) in [4.78, 5) is 13.0. The average molecular weight is 288 g/mol. The van der Waals surface area contributed by atoms with E-state index >= 15 is 0 Å². The van der Waals surface area contributed by atoms with Gasteiger partial charge in [-0.05, 0) is 35.7 Å². The summed E-state index contributed by atoms with van der Waals surface area (Å²) in [5.41, 5.74) is 1.31. The Labute approximate surface area is 120 Å². The summed E-state index contributed by atoms with van der Waals surface area (Å²) in [7, 11) is 0. The summed E-state index contributed by atoms with van der Waals surface area (Å²) in [6, 6.07) is 13.0. The van der Waals surface area contributed by atoms with Crippen molar-refractivity contribution < 1.29 is 4.79 Å². The smallest absolute Gasteiger partial charge is 0.234 e. The van der Waals surface area contributed by atoms with Gasteiger partial charge in [0.2, 0.25) is 5.91 Å². The Bertz CT molecular complexity index is 570. The van der Waals surface area contributed by atoms with E-state index in [0.29, 0.717) is 11.3 Å². The van der Waals surface area contributed by atoms with Crippen molar-refractivity contribution in [3.63, 3.8) is 0 Å². The lowest BCUT2D eigenvalue weighted by Gasteiger charge is -2.04. The maximum Gasteiger partial charge on any atom is 0.234 e. The van der Waals surface area contributed by atoms with Crippen LogP contribution in [0.5, 0.6) is 0 Å². The number of thioether (sulfide) groups is 1. The molecule has 1 N–H and O–H groups in total. The molecule has 1 heterocycles. The highest BCUT2D eigenvalue weighted by Gasteiger charge is 2.03. The number of nitrogens with zero attached hydrogens (tertiary/aromatic N) is 1. The summed E-state index contributed by atoms with van der Waals surface area (Å²) >= 11 is 3.29. The lowest BCUT2D eigenvalue weighted by atomic mass is 10.2. The van der Waals surface area contributed by atoms with Gasteiger partial charge < -0.3 is 5.32 Å². The molecule has 0 fully saturated rings. The standard InChI is InChI=1S/C14H12N2OS2/c15-8-11-3-5-12(6-4-11)16-14(17)10-18-9-13-2-1-7-19-13/h1-7H,9-10H2,(H,16,17). The molecule has 0 aliphatic heterocycles. The van der Waals surface area contributed by atoms with Crippen molar-refractivity contribution in [2.45, 2.75) is 5.75 Å². The number of anilines is 1. The van der Waals surface area contributed by atoms with Crippen LogP contribution in [0.25, 0.3) is 0 Å². The van der Waals surface area contributed by atoms with Gasteiger partial charge in [-0.3, -0.25) is 4.79 Å². The summed E-state index contributed by atoms with van der Waals surface area (Å²) < 4.78 is 0. The molecule has 5 heteroatoms. The lowest BCUT2D eigenvalue weighted by Crippen LogP contribution is -2.14. The molecule has 1 aromatic carbocycles. The maximum atomic E-state index is 11.7. The number of hydrogen-bond donors (Lipinski definition) is 1. The number of nitriles is 1. The van der Waals surface area contributed by atoms with Gasteiger partial charge in [0.1, 0.15) is 0 Å². The van der Waals surface area contributed by atoms with Gasteiger partial charge in [0.15, 0.2) is 0 Å². The van der Waals surface area contributed by atoms with Crippen molar-refractivity contribution in [3.8, 4) is 6.07 Å². The Kier molecular flexibility index (Phi) is 5.01. The molecule has 0 bridgehead atoms. The van der Waals surface area contributed by atoms with Crippen molar-refractivity contribution in [1.29, 1.82) is 5.26 Å². The second kappa shape index (κ2) is 6.98. The van der Waals surface area contributed by atoms with Crippen molar-refractivity contribution in [1.82, 2.24) is 0 Å². The van der Waals surface area contributed by atoms with E-state index < -0.39 is 0 Å². The topological polar surface area (TPSA) is 52.9 Å². The predicted molar refractivity (Wildman–Crippen MR) is 80.3 cm³/mol. The highest BCUT2D eigenvalue weighted by molar-refractivity contribution is 7.99. The van der Waals surface area contributed by atoms with E-state index in [4.69, 9.17) is 5.26 Å². The zero-order valence-electron chi connectivity index (χ0n) is 10.1. The summed E-state index contributed by atoms with van der Waals surface area (Å²) in [6.07, 6.45) is 0. The van der Waals surface area contributed by atoms with Crippen LogP contribution in [0.15, 0.2) is 41.8 Å². The monoisotopic (exact) mass is 288 g/mol. The van der Waals surface area contributed by atoms with Crippen LogP contribution in [0.4, 0.5) is 5.69 Å². The van der Waals surface area contributed by atoms with E-state index in [-0.39, 0.29) is 5.91 Å². The van der Waals surface area contributed by atoms with Crippen LogP contribution < -0.4 is 5.32 Å². The third kappa shape index (κ3) is 4.43. The molecule has 96 valence electrons. The summed E-state index contributed by atoms with van der Waals surface area (Å²) in [6.45, 7) is 0. The zero-order chi connectivity index (χ0) is 13.5. The first-order chi connectivity index (χ1) is 9.28. The van der Waals surface area contributed by atoms with Crippen LogP contribution in [0.2, 0.25) is 0 Å². The molecule has 1 amide bonds. The van der Waals surface area contributed by atoms with Gasteiger partial charge in [0.05, 0.1) is 17.4 Å². The summed E-state index contributed by atoms with van der Waals surface area (Å²) in [5.74, 6) is 1.27. The summed E-state index contributed by atoms with van der Waals surface area (Å²) in [5, 5.41) is 13.5. The molecule has 0 atom stereocenters. The van der Waals surface area contributed by atoms with Crippen LogP contribution in [-0.2, 0) is 10.5 Å². The predicted octanol–water partition coefficient (Wildman–Crippen LogP) is 3.49. The number of thiophene rings is 1. The Balaban J connectivity index is 1.76. The number of carbonyl (C=O) groups is 1. The Hall–Kier alpha value is -1.77. The van der Waals surface area contributed by atoms with Crippen LogP contribution >= 0.6 is 23.1 Å². The Morgan fingerprint density at radius 3 is 2.74 bits per heavy atom. The molecule has 19 heavy (non-hydrogen) atoms. The number of hydrogen-bond acceptors (Lipinski definition) is 4. The zero-order valence-corrected chi connectivity index (χ0v) is 11.8. The number of amides is 1. The van der Waals surface area contributed by atoms with Crippen molar-refractivity contribution in [2.24, 2.45) is 0 Å². The fraction of sp³-hybridized carbons (Fsp3) is 0.143. The molecule has 0 unspecified atom stereocenters. The first kappa shape index (κ1) is 13.7. The molecular formula is C14H12N2OS2.